The van der Waals surface area contributed by atoms with Gasteiger partial charge in [-0.2, -0.15) is 0 Å². The van der Waals surface area contributed by atoms with Gasteiger partial charge in [0, 0.05) is 24.7 Å². The molecule has 0 aliphatic carbocycles. The molecule has 110 valence electrons. The van der Waals surface area contributed by atoms with Crippen molar-refractivity contribution in [2.45, 2.75) is 45.6 Å². The highest BCUT2D eigenvalue weighted by Gasteiger charge is 2.26. The van der Waals surface area contributed by atoms with E-state index in [4.69, 9.17) is 0 Å². The summed E-state index contributed by atoms with van der Waals surface area (Å²) in [6.45, 7) is 9.26. The van der Waals surface area contributed by atoms with Crippen LogP contribution in [0.3, 0.4) is 0 Å². The van der Waals surface area contributed by atoms with Crippen molar-refractivity contribution >= 4 is 5.91 Å². The lowest BCUT2D eigenvalue weighted by Crippen LogP contribution is -2.42. The maximum atomic E-state index is 12.7. The van der Waals surface area contributed by atoms with Crippen LogP contribution >= 0.6 is 0 Å². The summed E-state index contributed by atoms with van der Waals surface area (Å²) >= 11 is 0. The van der Waals surface area contributed by atoms with Gasteiger partial charge in [-0.1, -0.05) is 32.9 Å². The molecule has 0 saturated carbocycles. The standard InChI is InChI=1S/C17H26N2O/c1-4-11-19(16-9-10-18-12-16)17(20)15-7-5-14(6-8-15)13(2)3/h5-8,13,16,18H,4,9-12H2,1-3H3. The fraction of sp³-hybridized carbons (Fsp3) is 0.588. The molecule has 1 amide bonds. The Balaban J connectivity index is 2.13. The van der Waals surface area contributed by atoms with Gasteiger partial charge in [-0.05, 0) is 43.0 Å². The van der Waals surface area contributed by atoms with Crippen molar-refractivity contribution in [3.63, 3.8) is 0 Å². The second-order valence-electron chi connectivity index (χ2n) is 5.92. The van der Waals surface area contributed by atoms with E-state index < -0.39 is 0 Å². The molecule has 1 aliphatic heterocycles. The minimum atomic E-state index is 0.177. The van der Waals surface area contributed by atoms with Crippen molar-refractivity contribution < 1.29 is 4.79 Å². The van der Waals surface area contributed by atoms with Gasteiger partial charge in [0.25, 0.3) is 5.91 Å². The number of nitrogens with one attached hydrogen (secondary N) is 1. The Morgan fingerprint density at radius 1 is 1.35 bits per heavy atom. The smallest absolute Gasteiger partial charge is 0.254 e. The molecule has 1 fully saturated rings. The Bertz CT molecular complexity index is 433. The number of carbonyl (C=O) groups excluding carboxylic acids is 1. The molecular weight excluding hydrogens is 248 g/mol. The van der Waals surface area contributed by atoms with Gasteiger partial charge < -0.3 is 10.2 Å². The molecular formula is C17H26N2O. The lowest BCUT2D eigenvalue weighted by molar-refractivity contribution is 0.0692. The van der Waals surface area contributed by atoms with Crippen LogP contribution in [0, 0.1) is 0 Å². The molecule has 0 aromatic heterocycles. The third-order valence-electron chi connectivity index (χ3n) is 4.02. The number of hydrogen-bond acceptors (Lipinski definition) is 2. The minimum Gasteiger partial charge on any atom is -0.334 e. The van der Waals surface area contributed by atoms with Gasteiger partial charge in [-0.25, -0.2) is 0 Å². The van der Waals surface area contributed by atoms with Crippen molar-refractivity contribution in [2.24, 2.45) is 0 Å². The molecule has 20 heavy (non-hydrogen) atoms. The Morgan fingerprint density at radius 2 is 2.05 bits per heavy atom. The Labute approximate surface area is 122 Å². The second kappa shape index (κ2) is 6.89. The number of hydrogen-bond donors (Lipinski definition) is 1. The fourth-order valence-electron chi connectivity index (χ4n) is 2.77. The van der Waals surface area contributed by atoms with E-state index in [0.29, 0.717) is 12.0 Å². The van der Waals surface area contributed by atoms with Crippen molar-refractivity contribution in [1.82, 2.24) is 10.2 Å². The first-order chi connectivity index (χ1) is 9.63. The molecule has 1 heterocycles. The summed E-state index contributed by atoms with van der Waals surface area (Å²) in [6, 6.07) is 8.46. The van der Waals surface area contributed by atoms with Crippen LogP contribution in [0.15, 0.2) is 24.3 Å². The zero-order chi connectivity index (χ0) is 14.5. The van der Waals surface area contributed by atoms with Crippen molar-refractivity contribution in [1.29, 1.82) is 0 Å². The maximum Gasteiger partial charge on any atom is 0.254 e. The maximum absolute atomic E-state index is 12.7. The van der Waals surface area contributed by atoms with Crippen LogP contribution in [-0.4, -0.2) is 36.5 Å². The highest BCUT2D eigenvalue weighted by atomic mass is 16.2. The second-order valence-corrected chi connectivity index (χ2v) is 5.92. The molecule has 1 saturated heterocycles. The molecule has 1 N–H and O–H groups in total. The fourth-order valence-corrected chi connectivity index (χ4v) is 2.77. The SMILES string of the molecule is CCCN(C(=O)c1ccc(C(C)C)cc1)C1CCNC1. The number of rotatable bonds is 5. The lowest BCUT2D eigenvalue weighted by atomic mass is 10.0. The molecule has 0 spiro atoms. The largest absolute Gasteiger partial charge is 0.334 e. The van der Waals surface area contributed by atoms with Crippen LogP contribution in [0.5, 0.6) is 0 Å². The first-order valence-electron chi connectivity index (χ1n) is 7.75. The highest BCUT2D eigenvalue weighted by Crippen LogP contribution is 2.18. The summed E-state index contributed by atoms with van der Waals surface area (Å²) in [5.41, 5.74) is 2.10. The summed E-state index contributed by atoms with van der Waals surface area (Å²) in [5.74, 6) is 0.681. The molecule has 1 aromatic rings. The molecule has 0 radical (unpaired) electrons. The van der Waals surface area contributed by atoms with Crippen LogP contribution in [0.25, 0.3) is 0 Å². The first kappa shape index (κ1) is 15.0. The summed E-state index contributed by atoms with van der Waals surface area (Å²) in [5, 5.41) is 3.35. The van der Waals surface area contributed by atoms with Gasteiger partial charge in [0.2, 0.25) is 0 Å². The molecule has 1 atom stereocenters. The summed E-state index contributed by atoms with van der Waals surface area (Å²) < 4.78 is 0. The van der Waals surface area contributed by atoms with E-state index in [1.54, 1.807) is 0 Å². The van der Waals surface area contributed by atoms with Gasteiger partial charge in [-0.15, -0.1) is 0 Å². The molecule has 1 unspecified atom stereocenters. The van der Waals surface area contributed by atoms with Crippen LogP contribution in [0.2, 0.25) is 0 Å². The van der Waals surface area contributed by atoms with E-state index in [1.165, 1.54) is 5.56 Å². The van der Waals surface area contributed by atoms with Crippen molar-refractivity contribution in [3.05, 3.63) is 35.4 Å². The van der Waals surface area contributed by atoms with E-state index in [1.807, 2.05) is 17.0 Å². The first-order valence-corrected chi connectivity index (χ1v) is 7.75. The van der Waals surface area contributed by atoms with Gasteiger partial charge in [0.05, 0.1) is 0 Å². The zero-order valence-electron chi connectivity index (χ0n) is 12.9. The highest BCUT2D eigenvalue weighted by molar-refractivity contribution is 5.94. The quantitative estimate of drug-likeness (QED) is 0.895. The normalized spacial score (nSPS) is 18.5. The molecule has 3 heteroatoms. The predicted molar refractivity (Wildman–Crippen MR) is 83.1 cm³/mol. The van der Waals surface area contributed by atoms with E-state index in [0.717, 1.165) is 38.0 Å². The van der Waals surface area contributed by atoms with Crippen LogP contribution in [0.4, 0.5) is 0 Å². The van der Waals surface area contributed by atoms with E-state index in [9.17, 15) is 4.79 Å². The van der Waals surface area contributed by atoms with Gasteiger partial charge in [0.15, 0.2) is 0 Å². The lowest BCUT2D eigenvalue weighted by Gasteiger charge is -2.28. The van der Waals surface area contributed by atoms with E-state index in [2.05, 4.69) is 38.2 Å². The van der Waals surface area contributed by atoms with Gasteiger partial charge in [0.1, 0.15) is 0 Å². The monoisotopic (exact) mass is 274 g/mol. The average molecular weight is 274 g/mol. The molecule has 1 aliphatic rings. The third kappa shape index (κ3) is 3.40. The molecule has 0 bridgehead atoms. The summed E-state index contributed by atoms with van der Waals surface area (Å²) in [7, 11) is 0. The Kier molecular flexibility index (Phi) is 5.18. The number of carbonyl (C=O) groups is 1. The Hall–Kier alpha value is -1.35. The number of amides is 1. The van der Waals surface area contributed by atoms with Gasteiger partial charge >= 0.3 is 0 Å². The topological polar surface area (TPSA) is 32.3 Å². The summed E-state index contributed by atoms with van der Waals surface area (Å²) in [4.78, 5) is 14.7. The van der Waals surface area contributed by atoms with Crippen molar-refractivity contribution in [3.8, 4) is 0 Å². The van der Waals surface area contributed by atoms with Gasteiger partial charge in [-0.3, -0.25) is 4.79 Å². The Morgan fingerprint density at radius 3 is 2.55 bits per heavy atom. The summed E-state index contributed by atoms with van der Waals surface area (Å²) in [6.07, 6.45) is 2.07. The zero-order valence-corrected chi connectivity index (χ0v) is 12.9. The number of nitrogens with zero attached hydrogens (tertiary/aromatic N) is 1. The van der Waals surface area contributed by atoms with Crippen LogP contribution in [0.1, 0.15) is 55.5 Å². The van der Waals surface area contributed by atoms with Crippen LogP contribution in [-0.2, 0) is 0 Å². The average Bonchev–Trinajstić information content (AvgIpc) is 2.98. The minimum absolute atomic E-state index is 0.177. The molecule has 3 nitrogen and oxygen atoms in total. The third-order valence-corrected chi connectivity index (χ3v) is 4.02. The van der Waals surface area contributed by atoms with E-state index in [-0.39, 0.29) is 5.91 Å². The van der Waals surface area contributed by atoms with Crippen molar-refractivity contribution in [2.75, 3.05) is 19.6 Å². The molecule has 1 aromatic carbocycles. The predicted octanol–water partition coefficient (Wildman–Crippen LogP) is 3.02. The number of benzene rings is 1. The molecule has 2 rings (SSSR count). The van der Waals surface area contributed by atoms with E-state index >= 15 is 0 Å². The van der Waals surface area contributed by atoms with Crippen LogP contribution < -0.4 is 5.32 Å².